The summed E-state index contributed by atoms with van der Waals surface area (Å²) in [6.45, 7) is 4.69. The number of hydrogen-bond acceptors (Lipinski definition) is 9. The number of nitrogens with one attached hydrogen (secondary N) is 3. The van der Waals surface area contributed by atoms with E-state index in [0.717, 1.165) is 22.8 Å². The minimum Gasteiger partial charge on any atom is -0.378 e. The number of carbonyl (C=O) groups excluding carboxylic acids is 2. The molecule has 0 unspecified atom stereocenters. The normalized spacial score (nSPS) is 20.2. The van der Waals surface area contributed by atoms with Crippen LogP contribution in [0.5, 0.6) is 0 Å². The number of amides is 3. The molecule has 2 aromatic heterocycles. The molecule has 4 heterocycles. The number of sulfone groups is 1. The van der Waals surface area contributed by atoms with E-state index in [1.165, 1.54) is 6.26 Å². The summed E-state index contributed by atoms with van der Waals surface area (Å²) in [6.07, 6.45) is 10.8. The van der Waals surface area contributed by atoms with Gasteiger partial charge in [-0.3, -0.25) is 4.79 Å². The summed E-state index contributed by atoms with van der Waals surface area (Å²) >= 11 is 0. The molecule has 0 atom stereocenters. The summed E-state index contributed by atoms with van der Waals surface area (Å²) in [6, 6.07) is 8.91. The predicted molar refractivity (Wildman–Crippen MR) is 171 cm³/mol. The lowest BCUT2D eigenvalue weighted by atomic mass is 9.95. The molecule has 1 aromatic carbocycles. The maximum atomic E-state index is 12.9. The average molecular weight is 635 g/mol. The maximum absolute atomic E-state index is 12.9. The third-order valence-electron chi connectivity index (χ3n) is 8.60. The number of nitrogens with zero attached hydrogens (tertiary/aromatic N) is 5. The monoisotopic (exact) mass is 634 g/mol. The van der Waals surface area contributed by atoms with Crippen molar-refractivity contribution in [1.29, 1.82) is 0 Å². The number of fused-ring (bicyclic) bond motifs is 1. The van der Waals surface area contributed by atoms with Gasteiger partial charge in [-0.05, 0) is 62.4 Å². The van der Waals surface area contributed by atoms with Crippen molar-refractivity contribution in [1.82, 2.24) is 24.8 Å². The number of anilines is 3. The number of carbonyl (C=O) groups is 2. The Balaban J connectivity index is 1.14. The number of ether oxygens (including phenoxy) is 1. The second-order valence-electron chi connectivity index (χ2n) is 11.7. The van der Waals surface area contributed by atoms with Crippen LogP contribution in [0.15, 0.2) is 55.1 Å². The Labute approximate surface area is 262 Å². The second-order valence-corrected chi connectivity index (χ2v) is 14.0. The number of benzene rings is 1. The highest BCUT2D eigenvalue weighted by Crippen LogP contribution is 2.32. The zero-order chi connectivity index (χ0) is 31.6. The molecule has 2 fully saturated rings. The van der Waals surface area contributed by atoms with Gasteiger partial charge in [0.25, 0.3) is 5.91 Å². The first-order valence-electron chi connectivity index (χ1n) is 15.1. The molecule has 6 rings (SSSR count). The molecule has 0 spiro atoms. The number of imidazole rings is 1. The van der Waals surface area contributed by atoms with Crippen molar-refractivity contribution in [2.24, 2.45) is 0 Å². The highest BCUT2D eigenvalue weighted by molar-refractivity contribution is 7.91. The first-order chi connectivity index (χ1) is 21.7. The van der Waals surface area contributed by atoms with E-state index in [4.69, 9.17) is 4.74 Å². The molecule has 3 aliphatic rings. The summed E-state index contributed by atoms with van der Waals surface area (Å²) < 4.78 is 31.1. The number of urea groups is 1. The molecule has 1 saturated heterocycles. The molecule has 0 bridgehead atoms. The van der Waals surface area contributed by atoms with E-state index >= 15 is 0 Å². The summed E-state index contributed by atoms with van der Waals surface area (Å²) in [5, 5.41) is 9.02. The first kappa shape index (κ1) is 30.6. The molecule has 45 heavy (non-hydrogen) atoms. The zero-order valence-electron chi connectivity index (χ0n) is 25.4. The molecule has 13 nitrogen and oxygen atoms in total. The van der Waals surface area contributed by atoms with Crippen LogP contribution in [-0.4, -0.2) is 83.6 Å². The average Bonchev–Trinajstić information content (AvgIpc) is 3.52. The van der Waals surface area contributed by atoms with Crippen molar-refractivity contribution >= 4 is 44.7 Å². The van der Waals surface area contributed by atoms with Crippen LogP contribution in [0.3, 0.4) is 0 Å². The molecule has 2 aliphatic heterocycles. The van der Waals surface area contributed by atoms with Crippen molar-refractivity contribution in [3.63, 3.8) is 0 Å². The topological polar surface area (TPSA) is 151 Å². The summed E-state index contributed by atoms with van der Waals surface area (Å²) in [7, 11) is -3.06. The van der Waals surface area contributed by atoms with Gasteiger partial charge in [-0.1, -0.05) is 6.07 Å². The van der Waals surface area contributed by atoms with Gasteiger partial charge in [0.2, 0.25) is 0 Å². The van der Waals surface area contributed by atoms with Crippen LogP contribution in [-0.2, 0) is 21.2 Å². The Bertz CT molecular complexity index is 1690. The SMILES string of the molecule is Cc1c(NC(=O)NC2CCC(S(C)(=O)=O)CC2)cccc1N1C=C(Nc2ccc(C(=O)N3CCOCC3)cn2)c2nccn2C1. The van der Waals surface area contributed by atoms with Crippen LogP contribution < -0.4 is 20.9 Å². The van der Waals surface area contributed by atoms with E-state index in [9.17, 15) is 18.0 Å². The summed E-state index contributed by atoms with van der Waals surface area (Å²) in [5.41, 5.74) is 3.72. The molecule has 3 aromatic rings. The van der Waals surface area contributed by atoms with Crippen molar-refractivity contribution in [2.75, 3.05) is 48.1 Å². The lowest BCUT2D eigenvalue weighted by Gasteiger charge is -2.30. The van der Waals surface area contributed by atoms with E-state index in [1.807, 2.05) is 42.1 Å². The van der Waals surface area contributed by atoms with Crippen LogP contribution in [0.2, 0.25) is 0 Å². The van der Waals surface area contributed by atoms with Crippen LogP contribution >= 0.6 is 0 Å². The number of pyridine rings is 1. The smallest absolute Gasteiger partial charge is 0.319 e. The van der Waals surface area contributed by atoms with Gasteiger partial charge < -0.3 is 35.1 Å². The van der Waals surface area contributed by atoms with Gasteiger partial charge >= 0.3 is 6.03 Å². The first-order valence-corrected chi connectivity index (χ1v) is 17.1. The van der Waals surface area contributed by atoms with Gasteiger partial charge in [0, 0.05) is 61.6 Å². The molecule has 0 radical (unpaired) electrons. The van der Waals surface area contributed by atoms with Crippen molar-refractivity contribution in [3.05, 3.63) is 72.1 Å². The minimum absolute atomic E-state index is 0.0621. The molecule has 1 aliphatic carbocycles. The number of morpholine rings is 1. The van der Waals surface area contributed by atoms with Gasteiger partial charge in [0.05, 0.1) is 29.7 Å². The van der Waals surface area contributed by atoms with Gasteiger partial charge in [-0.2, -0.15) is 0 Å². The van der Waals surface area contributed by atoms with Gasteiger partial charge in [0.15, 0.2) is 5.82 Å². The standard InChI is InChI=1S/C31H38N8O5S/c1-21-25(36-31(41)34-23-7-9-24(10-8-23)45(2,42)43)4-3-5-27(21)39-19-26(29-32-12-13-38(29)20-39)35-28-11-6-22(18-33-28)30(40)37-14-16-44-17-15-37/h3-6,11-13,18-19,23-24H,7-10,14-17,20H2,1-2H3,(H,33,35)(H2,34,36,41). The van der Waals surface area contributed by atoms with Crippen LogP contribution in [0.4, 0.5) is 22.0 Å². The minimum atomic E-state index is -3.06. The largest absolute Gasteiger partial charge is 0.378 e. The highest BCUT2D eigenvalue weighted by Gasteiger charge is 2.29. The van der Waals surface area contributed by atoms with Crippen molar-refractivity contribution in [3.8, 4) is 0 Å². The molecular weight excluding hydrogens is 596 g/mol. The summed E-state index contributed by atoms with van der Waals surface area (Å²) in [4.78, 5) is 38.6. The third kappa shape index (κ3) is 6.96. The van der Waals surface area contributed by atoms with Crippen LogP contribution in [0.1, 0.15) is 47.4 Å². The number of hydrogen-bond donors (Lipinski definition) is 3. The molecule has 14 heteroatoms. The van der Waals surface area contributed by atoms with E-state index in [-0.39, 0.29) is 23.2 Å². The second kappa shape index (κ2) is 12.9. The Kier molecular flexibility index (Phi) is 8.76. The van der Waals surface area contributed by atoms with Crippen LogP contribution in [0, 0.1) is 6.92 Å². The fraction of sp³-hybridized carbons (Fsp3) is 0.419. The lowest BCUT2D eigenvalue weighted by molar-refractivity contribution is 0.0302. The van der Waals surface area contributed by atoms with Gasteiger partial charge in [0.1, 0.15) is 22.3 Å². The Morgan fingerprint density at radius 2 is 1.80 bits per heavy atom. The molecule has 238 valence electrons. The van der Waals surface area contributed by atoms with Crippen molar-refractivity contribution < 1.29 is 22.7 Å². The van der Waals surface area contributed by atoms with Crippen molar-refractivity contribution in [2.45, 2.75) is 50.6 Å². The van der Waals surface area contributed by atoms with E-state index in [2.05, 4.69) is 30.8 Å². The number of aromatic nitrogens is 3. The predicted octanol–water partition coefficient (Wildman–Crippen LogP) is 3.42. The fourth-order valence-electron chi connectivity index (χ4n) is 6.05. The van der Waals surface area contributed by atoms with E-state index < -0.39 is 9.84 Å². The molecule has 3 N–H and O–H groups in total. The Hall–Kier alpha value is -4.43. The molecular formula is C31H38N8O5S. The molecule has 3 amide bonds. The van der Waals surface area contributed by atoms with E-state index in [1.54, 1.807) is 29.4 Å². The van der Waals surface area contributed by atoms with Gasteiger partial charge in [-0.15, -0.1) is 0 Å². The van der Waals surface area contributed by atoms with E-state index in [0.29, 0.717) is 75.7 Å². The zero-order valence-corrected chi connectivity index (χ0v) is 26.2. The van der Waals surface area contributed by atoms with Crippen LogP contribution in [0.25, 0.3) is 5.70 Å². The lowest BCUT2D eigenvalue weighted by Crippen LogP contribution is -2.42. The Morgan fingerprint density at radius 3 is 2.51 bits per heavy atom. The van der Waals surface area contributed by atoms with Gasteiger partial charge in [-0.25, -0.2) is 23.2 Å². The summed E-state index contributed by atoms with van der Waals surface area (Å²) in [5.74, 6) is 1.26. The maximum Gasteiger partial charge on any atom is 0.319 e. The fourth-order valence-corrected chi connectivity index (χ4v) is 7.18. The number of rotatable bonds is 7. The molecule has 1 saturated carbocycles. The highest BCUT2D eigenvalue weighted by atomic mass is 32.2. The Morgan fingerprint density at radius 1 is 1.02 bits per heavy atom. The quantitative estimate of drug-likeness (QED) is 0.355. The third-order valence-corrected chi connectivity index (χ3v) is 10.3.